The topological polar surface area (TPSA) is 86.5 Å². The summed E-state index contributed by atoms with van der Waals surface area (Å²) in [5.74, 6) is 0.826. The van der Waals surface area contributed by atoms with Crippen LogP contribution >= 0.6 is 11.8 Å². The van der Waals surface area contributed by atoms with Crippen LogP contribution in [0.1, 0.15) is 5.82 Å². The maximum absolute atomic E-state index is 10.7. The summed E-state index contributed by atoms with van der Waals surface area (Å²) in [5, 5.41) is 17.4. The van der Waals surface area contributed by atoms with E-state index in [4.69, 9.17) is 14.6 Å². The molecule has 23 heavy (non-hydrogen) atoms. The highest BCUT2D eigenvalue weighted by Gasteiger charge is 2.14. The molecule has 0 amide bonds. The second kappa shape index (κ2) is 8.23. The third kappa shape index (κ3) is 4.49. The van der Waals surface area contributed by atoms with Gasteiger partial charge in [0.2, 0.25) is 0 Å². The van der Waals surface area contributed by atoms with Crippen molar-refractivity contribution in [3.05, 3.63) is 42.7 Å². The van der Waals surface area contributed by atoms with E-state index in [9.17, 15) is 4.79 Å². The van der Waals surface area contributed by atoms with Crippen molar-refractivity contribution in [1.29, 1.82) is 0 Å². The predicted octanol–water partition coefficient (Wildman–Crippen LogP) is 2.23. The number of nitrogens with zero attached hydrogens (tertiary/aromatic N) is 3. The SMILES string of the molecule is C=CCn1c(COc2ccccc2OC)nnc1SCC(=O)O. The van der Waals surface area contributed by atoms with Crippen LogP contribution in [0.15, 0.2) is 42.1 Å². The Labute approximate surface area is 137 Å². The molecule has 0 aliphatic carbocycles. The number of thioether (sulfide) groups is 1. The van der Waals surface area contributed by atoms with Crippen LogP contribution in [0.2, 0.25) is 0 Å². The molecule has 8 heteroatoms. The molecule has 122 valence electrons. The number of carboxylic acids is 1. The Morgan fingerprint density at radius 2 is 2.13 bits per heavy atom. The molecule has 0 aliphatic heterocycles. The average molecular weight is 335 g/mol. The Kier molecular flexibility index (Phi) is 6.04. The minimum atomic E-state index is -0.907. The Morgan fingerprint density at radius 3 is 2.78 bits per heavy atom. The number of benzene rings is 1. The van der Waals surface area contributed by atoms with Crippen molar-refractivity contribution in [1.82, 2.24) is 14.8 Å². The van der Waals surface area contributed by atoms with E-state index >= 15 is 0 Å². The molecule has 0 unspecified atom stereocenters. The largest absolute Gasteiger partial charge is 0.493 e. The van der Waals surface area contributed by atoms with Gasteiger partial charge in [-0.15, -0.1) is 16.8 Å². The molecule has 0 atom stereocenters. The Bertz CT molecular complexity index is 687. The summed E-state index contributed by atoms with van der Waals surface area (Å²) in [4.78, 5) is 10.7. The van der Waals surface area contributed by atoms with E-state index in [0.717, 1.165) is 11.8 Å². The van der Waals surface area contributed by atoms with Crippen molar-refractivity contribution in [3.8, 4) is 11.5 Å². The molecule has 1 heterocycles. The van der Waals surface area contributed by atoms with Gasteiger partial charge in [0.1, 0.15) is 6.61 Å². The highest BCUT2D eigenvalue weighted by Crippen LogP contribution is 2.27. The van der Waals surface area contributed by atoms with Crippen molar-refractivity contribution in [2.75, 3.05) is 12.9 Å². The fourth-order valence-corrected chi connectivity index (χ4v) is 2.54. The van der Waals surface area contributed by atoms with Gasteiger partial charge in [-0.1, -0.05) is 30.0 Å². The van der Waals surface area contributed by atoms with Crippen molar-refractivity contribution in [3.63, 3.8) is 0 Å². The molecule has 1 aromatic carbocycles. The fraction of sp³-hybridized carbons (Fsp3) is 0.267. The van der Waals surface area contributed by atoms with Gasteiger partial charge in [0.15, 0.2) is 22.5 Å². The highest BCUT2D eigenvalue weighted by atomic mass is 32.2. The maximum Gasteiger partial charge on any atom is 0.313 e. The molecule has 0 radical (unpaired) electrons. The molecule has 1 aromatic heterocycles. The number of rotatable bonds is 9. The van der Waals surface area contributed by atoms with Crippen molar-refractivity contribution in [2.45, 2.75) is 18.3 Å². The van der Waals surface area contributed by atoms with Gasteiger partial charge < -0.3 is 14.6 Å². The van der Waals surface area contributed by atoms with Gasteiger partial charge in [0.25, 0.3) is 0 Å². The predicted molar refractivity (Wildman–Crippen MR) is 85.9 cm³/mol. The molecule has 0 aliphatic rings. The fourth-order valence-electron chi connectivity index (χ4n) is 1.85. The number of carboxylic acid groups (broad SMARTS) is 1. The molecule has 0 fully saturated rings. The first kappa shape index (κ1) is 16.9. The van der Waals surface area contributed by atoms with Gasteiger partial charge in [-0.25, -0.2) is 0 Å². The van der Waals surface area contributed by atoms with Crippen LogP contribution in [0.5, 0.6) is 11.5 Å². The summed E-state index contributed by atoms with van der Waals surface area (Å²) in [6.45, 7) is 4.36. The van der Waals surface area contributed by atoms with Crippen LogP contribution < -0.4 is 9.47 Å². The van der Waals surface area contributed by atoms with Gasteiger partial charge >= 0.3 is 5.97 Å². The van der Waals surface area contributed by atoms with Crippen LogP contribution in [-0.4, -0.2) is 38.7 Å². The summed E-state index contributed by atoms with van der Waals surface area (Å²) < 4.78 is 12.7. The highest BCUT2D eigenvalue weighted by molar-refractivity contribution is 7.99. The Hall–Kier alpha value is -2.48. The average Bonchev–Trinajstić information content (AvgIpc) is 2.93. The van der Waals surface area contributed by atoms with Crippen LogP contribution in [-0.2, 0) is 17.9 Å². The number of methoxy groups -OCH3 is 1. The van der Waals surface area contributed by atoms with Crippen LogP contribution in [0.3, 0.4) is 0 Å². The second-order valence-electron chi connectivity index (χ2n) is 4.42. The maximum atomic E-state index is 10.7. The number of hydrogen-bond acceptors (Lipinski definition) is 6. The lowest BCUT2D eigenvalue weighted by molar-refractivity contribution is -0.133. The van der Waals surface area contributed by atoms with E-state index in [1.54, 1.807) is 29.9 Å². The minimum absolute atomic E-state index is 0.0807. The lowest BCUT2D eigenvalue weighted by Crippen LogP contribution is -2.08. The third-order valence-corrected chi connectivity index (χ3v) is 3.81. The lowest BCUT2D eigenvalue weighted by atomic mass is 10.3. The summed E-state index contributed by atoms with van der Waals surface area (Å²) >= 11 is 1.11. The molecule has 0 saturated heterocycles. The summed E-state index contributed by atoms with van der Waals surface area (Å²) in [7, 11) is 1.57. The first-order chi connectivity index (χ1) is 11.2. The molecule has 7 nitrogen and oxygen atoms in total. The Balaban J connectivity index is 2.12. The van der Waals surface area contributed by atoms with E-state index in [1.165, 1.54) is 0 Å². The second-order valence-corrected chi connectivity index (χ2v) is 5.36. The summed E-state index contributed by atoms with van der Waals surface area (Å²) in [5.41, 5.74) is 0. The first-order valence-electron chi connectivity index (χ1n) is 6.79. The van der Waals surface area contributed by atoms with Crippen LogP contribution in [0.4, 0.5) is 0 Å². The zero-order chi connectivity index (χ0) is 16.7. The number of aromatic nitrogens is 3. The first-order valence-corrected chi connectivity index (χ1v) is 7.77. The quantitative estimate of drug-likeness (QED) is 0.555. The minimum Gasteiger partial charge on any atom is -0.493 e. The molecule has 0 spiro atoms. The van der Waals surface area contributed by atoms with Gasteiger partial charge in [0.05, 0.1) is 12.9 Å². The third-order valence-electron chi connectivity index (χ3n) is 2.86. The number of ether oxygens (including phenoxy) is 2. The number of aliphatic carboxylic acids is 1. The van der Waals surface area contributed by atoms with E-state index in [1.807, 2.05) is 12.1 Å². The van der Waals surface area contributed by atoms with Crippen molar-refractivity contribution < 1.29 is 19.4 Å². The number of allylic oxidation sites excluding steroid dienone is 1. The normalized spacial score (nSPS) is 10.3. The summed E-state index contributed by atoms with van der Waals surface area (Å²) in [6.07, 6.45) is 1.70. The van der Waals surface area contributed by atoms with Gasteiger partial charge in [0, 0.05) is 6.54 Å². The summed E-state index contributed by atoms with van der Waals surface area (Å²) in [6, 6.07) is 7.30. The number of hydrogen-bond donors (Lipinski definition) is 1. The zero-order valence-corrected chi connectivity index (χ0v) is 13.5. The molecular weight excluding hydrogens is 318 g/mol. The van der Waals surface area contributed by atoms with E-state index < -0.39 is 5.97 Å². The lowest BCUT2D eigenvalue weighted by Gasteiger charge is -2.11. The van der Waals surface area contributed by atoms with Gasteiger partial charge in [-0.05, 0) is 12.1 Å². The molecule has 0 saturated carbocycles. The van der Waals surface area contributed by atoms with Crippen molar-refractivity contribution in [2.24, 2.45) is 0 Å². The van der Waals surface area contributed by atoms with Crippen LogP contribution in [0.25, 0.3) is 0 Å². The molecular formula is C15H17N3O4S. The molecule has 0 bridgehead atoms. The van der Waals surface area contributed by atoms with Gasteiger partial charge in [-0.3, -0.25) is 9.36 Å². The Morgan fingerprint density at radius 1 is 1.39 bits per heavy atom. The van der Waals surface area contributed by atoms with Crippen LogP contribution in [0, 0.1) is 0 Å². The molecule has 1 N–H and O–H groups in total. The van der Waals surface area contributed by atoms with Gasteiger partial charge in [-0.2, -0.15) is 0 Å². The van der Waals surface area contributed by atoms with E-state index in [0.29, 0.717) is 29.0 Å². The number of para-hydroxylation sites is 2. The van der Waals surface area contributed by atoms with E-state index in [2.05, 4.69) is 16.8 Å². The monoisotopic (exact) mass is 335 g/mol. The number of carbonyl (C=O) groups is 1. The van der Waals surface area contributed by atoms with E-state index in [-0.39, 0.29) is 12.4 Å². The standard InChI is InChI=1S/C15H17N3O4S/c1-3-8-18-13(16-17-15(18)23-10-14(19)20)9-22-12-7-5-4-6-11(12)21-2/h3-7H,1,8-10H2,2H3,(H,19,20). The smallest absolute Gasteiger partial charge is 0.313 e. The molecule has 2 rings (SSSR count). The molecule has 2 aromatic rings. The van der Waals surface area contributed by atoms with Crippen molar-refractivity contribution >= 4 is 17.7 Å². The zero-order valence-electron chi connectivity index (χ0n) is 12.6.